The van der Waals surface area contributed by atoms with E-state index in [4.69, 9.17) is 0 Å². The number of halogens is 1. The second kappa shape index (κ2) is 3.26. The van der Waals surface area contributed by atoms with Gasteiger partial charge in [-0.05, 0) is 24.3 Å². The van der Waals surface area contributed by atoms with E-state index in [-0.39, 0.29) is 5.82 Å². The summed E-state index contributed by atoms with van der Waals surface area (Å²) in [6, 6.07) is 12.5. The molecule has 86 valence electrons. The highest BCUT2D eigenvalue weighted by molar-refractivity contribution is 6.05. The monoisotopic (exact) mass is 237 g/mol. The first-order valence-corrected chi connectivity index (χ1v) is 5.65. The van der Waals surface area contributed by atoms with E-state index in [0.717, 1.165) is 16.6 Å². The second-order valence-corrected chi connectivity index (χ2v) is 4.20. The number of nitrogens with one attached hydrogen (secondary N) is 1. The maximum Gasteiger partial charge on any atom is 0.157 e. The summed E-state index contributed by atoms with van der Waals surface area (Å²) in [5.74, 6) is -0.275. The number of fused-ring (bicyclic) bond motifs is 4. The van der Waals surface area contributed by atoms with Gasteiger partial charge in [-0.2, -0.15) is 0 Å². The highest BCUT2D eigenvalue weighted by atomic mass is 19.1. The molecule has 0 fully saturated rings. The number of aromatic amines is 1. The van der Waals surface area contributed by atoms with Crippen LogP contribution in [-0.4, -0.2) is 15.0 Å². The van der Waals surface area contributed by atoms with Crippen LogP contribution in [-0.2, 0) is 0 Å². The third kappa shape index (κ3) is 1.17. The fourth-order valence-electron chi connectivity index (χ4n) is 2.26. The van der Waals surface area contributed by atoms with Crippen molar-refractivity contribution in [2.24, 2.45) is 0 Å². The van der Waals surface area contributed by atoms with E-state index in [1.807, 2.05) is 30.3 Å². The normalized spacial score (nSPS) is 11.6. The Hall–Kier alpha value is -2.49. The van der Waals surface area contributed by atoms with Crippen molar-refractivity contribution in [2.75, 3.05) is 0 Å². The average Bonchev–Trinajstić information content (AvgIpc) is 2.74. The van der Waals surface area contributed by atoms with Crippen LogP contribution in [0.1, 0.15) is 0 Å². The molecule has 0 unspecified atom stereocenters. The van der Waals surface area contributed by atoms with Gasteiger partial charge in [-0.25, -0.2) is 14.4 Å². The third-order valence-corrected chi connectivity index (χ3v) is 3.07. The Labute approximate surface area is 101 Å². The number of para-hydroxylation sites is 2. The fraction of sp³-hybridized carbons (Fsp3) is 0. The first-order valence-electron chi connectivity index (χ1n) is 5.65. The van der Waals surface area contributed by atoms with Crippen LogP contribution < -0.4 is 0 Å². The van der Waals surface area contributed by atoms with Crippen LogP contribution in [0.25, 0.3) is 33.1 Å². The lowest BCUT2D eigenvalue weighted by atomic mass is 10.2. The summed E-state index contributed by atoms with van der Waals surface area (Å²) >= 11 is 0. The molecule has 3 nitrogen and oxygen atoms in total. The minimum atomic E-state index is -0.275. The molecule has 0 bridgehead atoms. The molecule has 4 heteroatoms. The van der Waals surface area contributed by atoms with E-state index in [0.29, 0.717) is 16.6 Å². The second-order valence-electron chi connectivity index (χ2n) is 4.20. The molecule has 0 aliphatic carbocycles. The molecule has 4 aromatic rings. The lowest BCUT2D eigenvalue weighted by molar-refractivity contribution is 0.640. The van der Waals surface area contributed by atoms with Crippen LogP contribution in [0.5, 0.6) is 0 Å². The number of rotatable bonds is 0. The summed E-state index contributed by atoms with van der Waals surface area (Å²) in [6.45, 7) is 0. The van der Waals surface area contributed by atoms with Gasteiger partial charge in [0.15, 0.2) is 5.65 Å². The Morgan fingerprint density at radius 3 is 2.50 bits per heavy atom. The van der Waals surface area contributed by atoms with Gasteiger partial charge in [0, 0.05) is 0 Å². The predicted octanol–water partition coefficient (Wildman–Crippen LogP) is 3.40. The standard InChI is InChI=1S/C14H8FN3/c15-8-4-3-7-11-12(8)13-14(18-11)17-10-6-2-1-5-9(10)16-13/h1-7H,(H,17,18). The molecule has 0 aliphatic rings. The highest BCUT2D eigenvalue weighted by Gasteiger charge is 2.11. The maximum absolute atomic E-state index is 13.9. The predicted molar refractivity (Wildman–Crippen MR) is 68.9 cm³/mol. The fourth-order valence-corrected chi connectivity index (χ4v) is 2.26. The molecule has 0 saturated heterocycles. The van der Waals surface area contributed by atoms with Crippen molar-refractivity contribution in [2.45, 2.75) is 0 Å². The molecule has 2 heterocycles. The van der Waals surface area contributed by atoms with Crippen LogP contribution in [0, 0.1) is 5.82 Å². The molecule has 18 heavy (non-hydrogen) atoms. The number of benzene rings is 2. The van der Waals surface area contributed by atoms with Crippen LogP contribution in [0.4, 0.5) is 4.39 Å². The zero-order valence-electron chi connectivity index (χ0n) is 9.31. The van der Waals surface area contributed by atoms with Crippen LogP contribution in [0.3, 0.4) is 0 Å². The van der Waals surface area contributed by atoms with Crippen molar-refractivity contribution < 1.29 is 4.39 Å². The minimum absolute atomic E-state index is 0.275. The van der Waals surface area contributed by atoms with E-state index in [2.05, 4.69) is 15.0 Å². The molecule has 1 N–H and O–H groups in total. The van der Waals surface area contributed by atoms with Gasteiger partial charge in [-0.15, -0.1) is 0 Å². The van der Waals surface area contributed by atoms with E-state index < -0.39 is 0 Å². The molecule has 0 amide bonds. The summed E-state index contributed by atoms with van der Waals surface area (Å²) in [5, 5.41) is 0.505. The molecule has 0 spiro atoms. The van der Waals surface area contributed by atoms with Crippen LogP contribution in [0.2, 0.25) is 0 Å². The number of hydrogen-bond donors (Lipinski definition) is 1. The van der Waals surface area contributed by atoms with E-state index in [1.54, 1.807) is 6.07 Å². The summed E-state index contributed by atoms with van der Waals surface area (Å²) in [5.41, 5.74) is 3.50. The third-order valence-electron chi connectivity index (χ3n) is 3.07. The largest absolute Gasteiger partial charge is 0.338 e. The van der Waals surface area contributed by atoms with Crippen molar-refractivity contribution in [1.29, 1.82) is 0 Å². The lowest BCUT2D eigenvalue weighted by Gasteiger charge is -1.96. The molecule has 2 aromatic heterocycles. The van der Waals surface area contributed by atoms with Crippen molar-refractivity contribution >= 4 is 33.1 Å². The summed E-state index contributed by atoms with van der Waals surface area (Å²) in [4.78, 5) is 12.1. The number of nitrogens with zero attached hydrogens (tertiary/aromatic N) is 2. The van der Waals surface area contributed by atoms with Crippen LogP contribution >= 0.6 is 0 Å². The quantitative estimate of drug-likeness (QED) is 0.509. The Kier molecular flexibility index (Phi) is 1.73. The summed E-state index contributed by atoms with van der Waals surface area (Å²) in [6.07, 6.45) is 0. The molecule has 0 radical (unpaired) electrons. The number of aromatic nitrogens is 3. The van der Waals surface area contributed by atoms with Crippen LogP contribution in [0.15, 0.2) is 42.5 Å². The zero-order valence-corrected chi connectivity index (χ0v) is 9.31. The molecule has 0 aliphatic heterocycles. The Bertz CT molecular complexity index is 895. The molecular weight excluding hydrogens is 229 g/mol. The Morgan fingerprint density at radius 2 is 1.67 bits per heavy atom. The van der Waals surface area contributed by atoms with Crippen molar-refractivity contribution in [3.05, 3.63) is 48.3 Å². The van der Waals surface area contributed by atoms with E-state index in [1.165, 1.54) is 6.07 Å². The van der Waals surface area contributed by atoms with Gasteiger partial charge >= 0.3 is 0 Å². The van der Waals surface area contributed by atoms with E-state index >= 15 is 0 Å². The van der Waals surface area contributed by atoms with Gasteiger partial charge in [0.25, 0.3) is 0 Å². The molecule has 2 aromatic carbocycles. The smallest absolute Gasteiger partial charge is 0.157 e. The topological polar surface area (TPSA) is 41.6 Å². The first kappa shape index (κ1) is 9.53. The van der Waals surface area contributed by atoms with Crippen molar-refractivity contribution in [1.82, 2.24) is 15.0 Å². The first-order chi connectivity index (χ1) is 8.83. The van der Waals surface area contributed by atoms with Gasteiger partial charge in [-0.3, -0.25) is 0 Å². The van der Waals surface area contributed by atoms with Gasteiger partial charge in [0.1, 0.15) is 11.3 Å². The Balaban J connectivity index is 2.29. The number of H-pyrrole nitrogens is 1. The number of hydrogen-bond acceptors (Lipinski definition) is 2. The Morgan fingerprint density at radius 1 is 0.889 bits per heavy atom. The van der Waals surface area contributed by atoms with Crippen molar-refractivity contribution in [3.63, 3.8) is 0 Å². The van der Waals surface area contributed by atoms with Gasteiger partial charge in [-0.1, -0.05) is 18.2 Å². The highest BCUT2D eigenvalue weighted by Crippen LogP contribution is 2.26. The molecule has 0 saturated carbocycles. The van der Waals surface area contributed by atoms with Gasteiger partial charge < -0.3 is 4.98 Å². The molecular formula is C14H8FN3. The molecule has 4 rings (SSSR count). The lowest BCUT2D eigenvalue weighted by Crippen LogP contribution is -1.85. The van der Waals surface area contributed by atoms with E-state index in [9.17, 15) is 4.39 Å². The minimum Gasteiger partial charge on any atom is -0.338 e. The summed E-state index contributed by atoms with van der Waals surface area (Å²) < 4.78 is 13.9. The molecule has 0 atom stereocenters. The average molecular weight is 237 g/mol. The van der Waals surface area contributed by atoms with Crippen molar-refractivity contribution in [3.8, 4) is 0 Å². The summed E-state index contributed by atoms with van der Waals surface area (Å²) in [7, 11) is 0. The zero-order chi connectivity index (χ0) is 12.1. The van der Waals surface area contributed by atoms with Gasteiger partial charge in [0.05, 0.1) is 21.9 Å². The maximum atomic E-state index is 13.9. The van der Waals surface area contributed by atoms with Gasteiger partial charge in [0.2, 0.25) is 0 Å². The SMILES string of the molecule is Fc1cccc2[nH]c3nc4ccccc4nc3c12.